The Kier molecular flexibility index (Phi) is 80.5. The van der Waals surface area contributed by atoms with Crippen LogP contribution in [0.3, 0.4) is 0 Å². The lowest BCUT2D eigenvalue weighted by Crippen LogP contribution is -2.36. The van der Waals surface area contributed by atoms with Crippen LogP contribution < -0.4 is 37.2 Å². The van der Waals surface area contributed by atoms with Crippen molar-refractivity contribution in [2.45, 2.75) is 37.6 Å². The summed E-state index contributed by atoms with van der Waals surface area (Å²) in [4.78, 5) is 128. The Morgan fingerprint density at radius 1 is 0.242 bits per heavy atom. The van der Waals surface area contributed by atoms with Crippen molar-refractivity contribution in [3.05, 3.63) is 0 Å². The predicted octanol–water partition coefficient (Wildman–Crippen LogP) is -6.13. The fourth-order valence-electron chi connectivity index (χ4n) is 8.77. The number of nitrogens with zero attached hydrogens (tertiary/aromatic N) is 1. The van der Waals surface area contributed by atoms with Crippen molar-refractivity contribution in [1.29, 1.82) is 0 Å². The molecule has 0 aromatic rings. The molecule has 9 amide bonds. The minimum atomic E-state index is -0.902. The highest BCUT2D eigenvalue weighted by Crippen LogP contribution is 2.13. The van der Waals surface area contributed by atoms with Gasteiger partial charge in [-0.05, 0) is 0 Å². The number of hydrogen-bond donors (Lipinski definition) is 7. The van der Waals surface area contributed by atoms with Gasteiger partial charge in [-0.3, -0.25) is 43.2 Å². The van der Waals surface area contributed by atoms with Crippen LogP contribution >= 0.6 is 0 Å². The van der Waals surface area contributed by atoms with Gasteiger partial charge in [0, 0.05) is 87.1 Å². The van der Waals surface area contributed by atoms with Crippen molar-refractivity contribution >= 4 is 59.1 Å². The van der Waals surface area contributed by atoms with E-state index in [-0.39, 0.29) is 313 Å². The Hall–Kier alpha value is -6.18. The van der Waals surface area contributed by atoms with Gasteiger partial charge in [-0.2, -0.15) is 0 Å². The standard InChI is InChI=1S/C74H136N8O38/c1-93-21-25-103-35-45-113-55-65(83)76-9-15-97-29-39-109-51-63(52-110-40-30-98-16-10-77-66(84)56-114-46-36-104-26-22-94-2)118-60-70(88)80-13-19-101-33-43-107-49-62(117-59-69(87)75-8-7-74(92)120-82-72(90)5-6-73(82)91)50-108-44-34-102-20-14-81-71(89)61-119-64(53-111-41-31-99-17-11-78-67(85)57-115-47-37-105-27-23-95-3)54-112-42-32-100-18-12-79-68(86)58-116-48-38-106-28-24-96-4/h62-64H,5-61H2,1-4H3,(H,75,87)(H,76,83)(H,77,84)(H,78,85)(H,79,86)(H,80,88)(H,81,89). The molecule has 7 N–H and O–H groups in total. The largest absolute Gasteiger partial charge is 0.382 e. The molecule has 700 valence electrons. The molecule has 0 spiro atoms. The van der Waals surface area contributed by atoms with E-state index < -0.39 is 60.4 Å². The first-order chi connectivity index (χ1) is 58.7. The Morgan fingerprint density at radius 3 is 0.650 bits per heavy atom. The lowest BCUT2D eigenvalue weighted by Gasteiger charge is -2.19. The highest BCUT2D eigenvalue weighted by molar-refractivity contribution is 6.01. The number of hydrogen-bond acceptors (Lipinski definition) is 38. The fraction of sp³-hybridized carbons (Fsp3) is 0.865. The first-order valence-electron chi connectivity index (χ1n) is 40.0. The summed E-state index contributed by atoms with van der Waals surface area (Å²) < 4.78 is 148. The Bertz CT molecular complexity index is 2280. The highest BCUT2D eigenvalue weighted by atomic mass is 16.7. The van der Waals surface area contributed by atoms with E-state index in [1.165, 1.54) is 0 Å². The van der Waals surface area contributed by atoms with Crippen LogP contribution in [0.4, 0.5) is 0 Å². The second-order valence-electron chi connectivity index (χ2n) is 24.8. The average molecular weight is 1750 g/mol. The van der Waals surface area contributed by atoms with Crippen molar-refractivity contribution in [2.75, 3.05) is 385 Å². The van der Waals surface area contributed by atoms with E-state index in [0.717, 1.165) is 0 Å². The number of hydroxylamine groups is 2. The summed E-state index contributed by atoms with van der Waals surface area (Å²) in [7, 11) is 6.30. The molecule has 0 aliphatic carbocycles. The molecule has 1 aliphatic heterocycles. The van der Waals surface area contributed by atoms with Crippen molar-refractivity contribution in [3.63, 3.8) is 0 Å². The molecular weight excluding hydrogens is 1610 g/mol. The predicted molar refractivity (Wildman–Crippen MR) is 416 cm³/mol. The Labute approximate surface area is 702 Å². The minimum absolute atomic E-state index is 0.0442. The second-order valence-corrected chi connectivity index (χ2v) is 24.8. The van der Waals surface area contributed by atoms with Gasteiger partial charge in [-0.15, -0.1) is 5.06 Å². The topological polar surface area (TPSA) is 517 Å². The van der Waals surface area contributed by atoms with Gasteiger partial charge in [0.05, 0.1) is 271 Å². The zero-order valence-electron chi connectivity index (χ0n) is 70.5. The lowest BCUT2D eigenvalue weighted by molar-refractivity contribution is -0.197. The smallest absolute Gasteiger partial charge is 0.334 e. The van der Waals surface area contributed by atoms with Crippen LogP contribution in [0, 0.1) is 0 Å². The van der Waals surface area contributed by atoms with E-state index in [4.69, 9.17) is 133 Å². The van der Waals surface area contributed by atoms with Crippen molar-refractivity contribution in [3.8, 4) is 0 Å². The van der Waals surface area contributed by atoms with E-state index in [1.54, 1.807) is 28.4 Å². The number of methoxy groups -OCH3 is 4. The molecule has 0 saturated carbocycles. The number of nitrogens with one attached hydrogen (secondary N) is 7. The van der Waals surface area contributed by atoms with Gasteiger partial charge in [0.25, 0.3) is 11.8 Å². The van der Waals surface area contributed by atoms with Crippen molar-refractivity contribution < 1.29 is 181 Å². The minimum Gasteiger partial charge on any atom is -0.382 e. The molecule has 0 atom stereocenters. The molecule has 1 heterocycles. The summed E-state index contributed by atoms with van der Waals surface area (Å²) in [5, 5.41) is 19.2. The number of amides is 9. The Balaban J connectivity index is 2.68. The van der Waals surface area contributed by atoms with E-state index in [2.05, 4.69) is 37.2 Å². The molecule has 1 rings (SSSR count). The first-order valence-corrected chi connectivity index (χ1v) is 40.0. The van der Waals surface area contributed by atoms with Crippen LogP contribution in [-0.2, 0) is 181 Å². The molecular formula is C74H136N8O38. The molecule has 46 nitrogen and oxygen atoms in total. The summed E-state index contributed by atoms with van der Waals surface area (Å²) in [6, 6.07) is 0. The maximum atomic E-state index is 12.9. The molecule has 0 bridgehead atoms. The summed E-state index contributed by atoms with van der Waals surface area (Å²) in [5.41, 5.74) is 0. The van der Waals surface area contributed by atoms with Crippen molar-refractivity contribution in [2.24, 2.45) is 0 Å². The average Bonchev–Trinajstić information content (AvgIpc) is 1.73. The molecule has 120 heavy (non-hydrogen) atoms. The van der Waals surface area contributed by atoms with E-state index in [1.807, 2.05) is 0 Å². The summed E-state index contributed by atoms with van der Waals surface area (Å²) >= 11 is 0. The molecule has 0 unspecified atom stereocenters. The zero-order chi connectivity index (χ0) is 87.1. The van der Waals surface area contributed by atoms with Crippen LogP contribution in [0.15, 0.2) is 0 Å². The van der Waals surface area contributed by atoms with E-state index >= 15 is 0 Å². The normalized spacial score (nSPS) is 12.2. The van der Waals surface area contributed by atoms with Gasteiger partial charge < -0.3 is 170 Å². The summed E-state index contributed by atoms with van der Waals surface area (Å²) in [6.07, 6.45) is -2.64. The third kappa shape index (κ3) is 76.7. The maximum absolute atomic E-state index is 12.9. The van der Waals surface area contributed by atoms with Crippen LogP contribution in [0.2, 0.25) is 0 Å². The molecule has 1 fully saturated rings. The SMILES string of the molecule is COCCOCCOCC(=O)NCCOCCOCC(COCCOCCNC(=O)COCCOCCOC)OCC(=O)NCCOCCOCC(COCCOCCNC(=O)COC(COCCOCCNC(=O)COCCOCCOC)COCCOCCNC(=O)COCCOCCOC)OCC(=O)NCCC(=O)ON1C(=O)CCC1=O. The van der Waals surface area contributed by atoms with Crippen LogP contribution in [0.1, 0.15) is 19.3 Å². The summed E-state index contributed by atoms with van der Waals surface area (Å²) in [6.45, 7) is 8.39. The van der Waals surface area contributed by atoms with Gasteiger partial charge in [0.1, 0.15) is 64.6 Å². The third-order valence-electron chi connectivity index (χ3n) is 14.8. The van der Waals surface area contributed by atoms with Crippen LogP contribution in [-0.4, -0.2) is 467 Å². The third-order valence-corrected chi connectivity index (χ3v) is 14.8. The maximum Gasteiger partial charge on any atom is 0.334 e. The van der Waals surface area contributed by atoms with Crippen LogP contribution in [0.5, 0.6) is 0 Å². The number of ether oxygens (including phenoxy) is 27. The Morgan fingerprint density at radius 2 is 0.425 bits per heavy atom. The number of imide groups is 1. The molecule has 0 radical (unpaired) electrons. The number of carbonyl (C=O) groups excluding carboxylic acids is 10. The monoisotopic (exact) mass is 1740 g/mol. The molecule has 1 aliphatic rings. The van der Waals surface area contributed by atoms with Crippen LogP contribution in [0.25, 0.3) is 0 Å². The molecule has 0 aromatic heterocycles. The van der Waals surface area contributed by atoms with Gasteiger partial charge in [0.2, 0.25) is 41.4 Å². The first kappa shape index (κ1) is 112. The number of carbonyl (C=O) groups is 10. The molecule has 46 heteroatoms. The quantitative estimate of drug-likeness (QED) is 0.0220. The van der Waals surface area contributed by atoms with E-state index in [9.17, 15) is 47.9 Å². The molecule has 0 aromatic carbocycles. The van der Waals surface area contributed by atoms with Gasteiger partial charge in [-0.25, -0.2) is 4.79 Å². The van der Waals surface area contributed by atoms with E-state index in [0.29, 0.717) is 84.3 Å². The lowest BCUT2D eigenvalue weighted by atomic mass is 10.4. The fourth-order valence-corrected chi connectivity index (χ4v) is 8.77. The molecule has 1 saturated heterocycles. The zero-order valence-corrected chi connectivity index (χ0v) is 70.5. The number of rotatable bonds is 93. The second kappa shape index (κ2) is 86.3. The van der Waals surface area contributed by atoms with Gasteiger partial charge >= 0.3 is 5.97 Å². The van der Waals surface area contributed by atoms with Gasteiger partial charge in [-0.1, -0.05) is 0 Å². The summed E-state index contributed by atoms with van der Waals surface area (Å²) in [5.74, 6) is -4.88. The van der Waals surface area contributed by atoms with Gasteiger partial charge in [0.15, 0.2) is 0 Å². The van der Waals surface area contributed by atoms with Crippen molar-refractivity contribution in [1.82, 2.24) is 42.3 Å². The highest BCUT2D eigenvalue weighted by Gasteiger charge is 2.33.